The van der Waals surface area contributed by atoms with E-state index in [4.69, 9.17) is 9.47 Å². The Bertz CT molecular complexity index is 864. The molecule has 2 N–H and O–H groups in total. The second kappa shape index (κ2) is 9.40. The fraction of sp³-hybridized carbons (Fsp3) is 0.136. The molecule has 0 saturated carbocycles. The molecule has 0 heterocycles. The predicted octanol–water partition coefficient (Wildman–Crippen LogP) is 4.22. The van der Waals surface area contributed by atoms with E-state index in [1.54, 1.807) is 7.11 Å². The summed E-state index contributed by atoms with van der Waals surface area (Å²) in [5, 5.41) is 5.98. The highest BCUT2D eigenvalue weighted by Gasteiger charge is 2.05. The fourth-order valence-electron chi connectivity index (χ4n) is 2.60. The van der Waals surface area contributed by atoms with E-state index in [-0.39, 0.29) is 12.5 Å². The predicted molar refractivity (Wildman–Crippen MR) is 106 cm³/mol. The SMILES string of the molecule is COc1ccccc1CNCC(=O)Nc1ccc(Oc2ccccc2)cc1. The number of carbonyl (C=O) groups is 1. The van der Waals surface area contributed by atoms with Gasteiger partial charge in [-0.3, -0.25) is 4.79 Å². The van der Waals surface area contributed by atoms with Gasteiger partial charge in [-0.1, -0.05) is 36.4 Å². The van der Waals surface area contributed by atoms with Crippen LogP contribution in [0, 0.1) is 0 Å². The Morgan fingerprint density at radius 3 is 2.26 bits per heavy atom. The van der Waals surface area contributed by atoms with E-state index in [0.29, 0.717) is 12.3 Å². The standard InChI is InChI=1S/C22H22N2O3/c1-26-21-10-6-5-7-17(21)15-23-16-22(25)24-18-11-13-20(14-12-18)27-19-8-3-2-4-9-19/h2-14,23H,15-16H2,1H3,(H,24,25). The molecule has 0 spiro atoms. The van der Waals surface area contributed by atoms with Gasteiger partial charge < -0.3 is 20.1 Å². The number of ether oxygens (including phenoxy) is 2. The molecular formula is C22H22N2O3. The van der Waals surface area contributed by atoms with E-state index < -0.39 is 0 Å². The van der Waals surface area contributed by atoms with Crippen molar-refractivity contribution in [2.75, 3.05) is 19.0 Å². The molecule has 3 aromatic carbocycles. The number of para-hydroxylation sites is 2. The lowest BCUT2D eigenvalue weighted by atomic mass is 10.2. The maximum Gasteiger partial charge on any atom is 0.238 e. The second-order valence-corrected chi connectivity index (χ2v) is 5.90. The van der Waals surface area contributed by atoms with Gasteiger partial charge in [-0.05, 0) is 42.5 Å². The number of amides is 1. The van der Waals surface area contributed by atoms with Gasteiger partial charge in [0.05, 0.1) is 13.7 Å². The van der Waals surface area contributed by atoms with Gasteiger partial charge >= 0.3 is 0 Å². The molecule has 1 amide bonds. The third-order valence-electron chi connectivity index (χ3n) is 3.91. The van der Waals surface area contributed by atoms with Crippen molar-refractivity contribution in [3.63, 3.8) is 0 Å². The van der Waals surface area contributed by atoms with Gasteiger partial charge in [0.2, 0.25) is 5.91 Å². The summed E-state index contributed by atoms with van der Waals surface area (Å²) in [5.74, 6) is 2.18. The average Bonchev–Trinajstić information content (AvgIpc) is 2.71. The van der Waals surface area contributed by atoms with Gasteiger partial charge in [0, 0.05) is 17.8 Å². The molecule has 0 radical (unpaired) electrons. The molecule has 0 unspecified atom stereocenters. The summed E-state index contributed by atoms with van der Waals surface area (Å²) < 4.78 is 11.0. The summed E-state index contributed by atoms with van der Waals surface area (Å²) in [5.41, 5.74) is 1.73. The van der Waals surface area contributed by atoms with Crippen LogP contribution in [0.3, 0.4) is 0 Å². The molecule has 5 heteroatoms. The molecule has 5 nitrogen and oxygen atoms in total. The van der Waals surface area contributed by atoms with Crippen molar-refractivity contribution in [1.29, 1.82) is 0 Å². The average molecular weight is 362 g/mol. The molecule has 0 atom stereocenters. The number of carbonyl (C=O) groups excluding carboxylic acids is 1. The summed E-state index contributed by atoms with van der Waals surface area (Å²) >= 11 is 0. The van der Waals surface area contributed by atoms with Crippen molar-refractivity contribution in [3.8, 4) is 17.2 Å². The van der Waals surface area contributed by atoms with Crippen LogP contribution in [-0.2, 0) is 11.3 Å². The van der Waals surface area contributed by atoms with Gasteiger partial charge in [-0.2, -0.15) is 0 Å². The molecule has 0 aromatic heterocycles. The van der Waals surface area contributed by atoms with Crippen molar-refractivity contribution in [2.45, 2.75) is 6.54 Å². The lowest BCUT2D eigenvalue weighted by molar-refractivity contribution is -0.115. The molecule has 3 rings (SSSR count). The van der Waals surface area contributed by atoms with Crippen molar-refractivity contribution in [2.24, 2.45) is 0 Å². The maximum atomic E-state index is 12.1. The minimum absolute atomic E-state index is 0.110. The van der Waals surface area contributed by atoms with Crippen LogP contribution in [-0.4, -0.2) is 19.6 Å². The third-order valence-corrected chi connectivity index (χ3v) is 3.91. The number of methoxy groups -OCH3 is 1. The quantitative estimate of drug-likeness (QED) is 0.630. The first kappa shape index (κ1) is 18.5. The first-order chi connectivity index (χ1) is 13.2. The van der Waals surface area contributed by atoms with E-state index in [1.807, 2.05) is 78.9 Å². The zero-order valence-corrected chi connectivity index (χ0v) is 15.1. The highest BCUT2D eigenvalue weighted by molar-refractivity contribution is 5.92. The van der Waals surface area contributed by atoms with Crippen molar-refractivity contribution in [3.05, 3.63) is 84.4 Å². The first-order valence-electron chi connectivity index (χ1n) is 8.70. The van der Waals surface area contributed by atoms with Gasteiger partial charge in [-0.15, -0.1) is 0 Å². The van der Waals surface area contributed by atoms with E-state index >= 15 is 0 Å². The summed E-state index contributed by atoms with van der Waals surface area (Å²) in [7, 11) is 1.64. The van der Waals surface area contributed by atoms with E-state index in [9.17, 15) is 4.79 Å². The van der Waals surface area contributed by atoms with Crippen LogP contribution in [0.1, 0.15) is 5.56 Å². The Morgan fingerprint density at radius 1 is 0.852 bits per heavy atom. The topological polar surface area (TPSA) is 59.6 Å². The Morgan fingerprint density at radius 2 is 1.52 bits per heavy atom. The number of hydrogen-bond acceptors (Lipinski definition) is 4. The number of rotatable bonds is 8. The third kappa shape index (κ3) is 5.59. The smallest absolute Gasteiger partial charge is 0.238 e. The van der Waals surface area contributed by atoms with Gasteiger partial charge in [0.15, 0.2) is 0 Å². The van der Waals surface area contributed by atoms with Crippen LogP contribution in [0.5, 0.6) is 17.2 Å². The molecule has 0 saturated heterocycles. The van der Waals surface area contributed by atoms with E-state index in [2.05, 4.69) is 10.6 Å². The molecule has 0 fully saturated rings. The maximum absolute atomic E-state index is 12.1. The van der Waals surface area contributed by atoms with E-state index in [1.165, 1.54) is 0 Å². The van der Waals surface area contributed by atoms with Crippen molar-refractivity contribution < 1.29 is 14.3 Å². The molecule has 3 aromatic rings. The molecule has 0 aliphatic rings. The van der Waals surface area contributed by atoms with Crippen LogP contribution < -0.4 is 20.1 Å². The highest BCUT2D eigenvalue weighted by Crippen LogP contribution is 2.22. The fourth-order valence-corrected chi connectivity index (χ4v) is 2.60. The van der Waals surface area contributed by atoms with Crippen LogP contribution >= 0.6 is 0 Å². The van der Waals surface area contributed by atoms with Crippen molar-refractivity contribution in [1.82, 2.24) is 5.32 Å². The zero-order valence-electron chi connectivity index (χ0n) is 15.1. The molecule has 0 bridgehead atoms. The van der Waals surface area contributed by atoms with Crippen molar-refractivity contribution >= 4 is 11.6 Å². The normalized spacial score (nSPS) is 10.3. The summed E-state index contributed by atoms with van der Waals surface area (Å²) in [6.45, 7) is 0.765. The minimum Gasteiger partial charge on any atom is -0.496 e. The lowest BCUT2D eigenvalue weighted by Crippen LogP contribution is -2.27. The van der Waals surface area contributed by atoms with Crippen LogP contribution in [0.25, 0.3) is 0 Å². The number of anilines is 1. The molecule has 0 aliphatic carbocycles. The Labute approximate surface area is 158 Å². The minimum atomic E-state index is -0.110. The van der Waals surface area contributed by atoms with Gasteiger partial charge in [0.1, 0.15) is 17.2 Å². The number of benzene rings is 3. The Kier molecular flexibility index (Phi) is 6.44. The largest absolute Gasteiger partial charge is 0.496 e. The van der Waals surface area contributed by atoms with Crippen LogP contribution in [0.15, 0.2) is 78.9 Å². The monoisotopic (exact) mass is 362 g/mol. The first-order valence-corrected chi connectivity index (χ1v) is 8.70. The molecule has 0 aliphatic heterocycles. The second-order valence-electron chi connectivity index (χ2n) is 5.90. The van der Waals surface area contributed by atoms with Crippen LogP contribution in [0.4, 0.5) is 5.69 Å². The summed E-state index contributed by atoms with van der Waals surface area (Å²) in [6, 6.07) is 24.6. The van der Waals surface area contributed by atoms with Crippen LogP contribution in [0.2, 0.25) is 0 Å². The zero-order chi connectivity index (χ0) is 18.9. The number of nitrogens with one attached hydrogen (secondary N) is 2. The summed E-state index contributed by atoms with van der Waals surface area (Å²) in [6.07, 6.45) is 0. The molecule has 138 valence electrons. The lowest BCUT2D eigenvalue weighted by Gasteiger charge is -2.10. The Balaban J connectivity index is 1.46. The van der Waals surface area contributed by atoms with Gasteiger partial charge in [0.25, 0.3) is 0 Å². The van der Waals surface area contributed by atoms with Gasteiger partial charge in [-0.25, -0.2) is 0 Å². The summed E-state index contributed by atoms with van der Waals surface area (Å²) in [4.78, 5) is 12.1. The molecule has 27 heavy (non-hydrogen) atoms. The van der Waals surface area contributed by atoms with E-state index in [0.717, 1.165) is 22.7 Å². The number of hydrogen-bond donors (Lipinski definition) is 2. The highest BCUT2D eigenvalue weighted by atomic mass is 16.5. The molecular weight excluding hydrogens is 340 g/mol. The Hall–Kier alpha value is -3.31.